The van der Waals surface area contributed by atoms with Crippen molar-refractivity contribution in [2.75, 3.05) is 36.8 Å². The van der Waals surface area contributed by atoms with Gasteiger partial charge in [0.2, 0.25) is 0 Å². The Kier molecular flexibility index (Phi) is 3.68. The summed E-state index contributed by atoms with van der Waals surface area (Å²) in [6, 6.07) is 9.18. The third-order valence-corrected chi connectivity index (χ3v) is 3.57. The smallest absolute Gasteiger partial charge is 0.254 e. The first-order chi connectivity index (χ1) is 10.2. The van der Waals surface area contributed by atoms with Crippen LogP contribution in [0.25, 0.3) is 0 Å². The molecule has 0 saturated carbocycles. The molecule has 2 aromatic rings. The van der Waals surface area contributed by atoms with Crippen LogP contribution in [0.4, 0.5) is 11.6 Å². The van der Waals surface area contributed by atoms with E-state index < -0.39 is 0 Å². The fourth-order valence-corrected chi connectivity index (χ4v) is 2.44. The van der Waals surface area contributed by atoms with Crippen LogP contribution in [0.15, 0.2) is 42.7 Å². The Bertz CT molecular complexity index is 623. The zero-order valence-electron chi connectivity index (χ0n) is 11.6. The number of hydrogen-bond donors (Lipinski definition) is 1. The molecule has 0 unspecified atom stereocenters. The third-order valence-electron chi connectivity index (χ3n) is 3.57. The Morgan fingerprint density at radius 1 is 1.05 bits per heavy atom. The molecule has 0 atom stereocenters. The number of pyridine rings is 2. The van der Waals surface area contributed by atoms with Gasteiger partial charge in [-0.3, -0.25) is 4.79 Å². The number of carbonyl (C=O) groups is 1. The molecule has 2 N–H and O–H groups in total. The number of hydrogen-bond acceptors (Lipinski definition) is 5. The van der Waals surface area contributed by atoms with Gasteiger partial charge in [0.05, 0.1) is 0 Å². The van der Waals surface area contributed by atoms with Crippen LogP contribution >= 0.6 is 0 Å². The van der Waals surface area contributed by atoms with Crippen molar-refractivity contribution >= 4 is 17.5 Å². The molecule has 0 radical (unpaired) electrons. The molecule has 1 aliphatic heterocycles. The van der Waals surface area contributed by atoms with Crippen molar-refractivity contribution in [2.24, 2.45) is 0 Å². The number of carbonyl (C=O) groups excluding carboxylic acids is 1. The standard InChI is InChI=1S/C15H17N5O/c16-13-11-12(4-6-17-13)15(21)20-9-7-19(8-10-20)14-3-1-2-5-18-14/h1-6,11H,7-10H2,(H2,16,17). The average molecular weight is 283 g/mol. The van der Waals surface area contributed by atoms with Crippen molar-refractivity contribution in [1.29, 1.82) is 0 Å². The molecule has 0 spiro atoms. The Labute approximate surface area is 123 Å². The van der Waals surface area contributed by atoms with Gasteiger partial charge >= 0.3 is 0 Å². The predicted molar refractivity (Wildman–Crippen MR) is 81.0 cm³/mol. The molecule has 6 nitrogen and oxygen atoms in total. The lowest BCUT2D eigenvalue weighted by Crippen LogP contribution is -2.49. The molecular weight excluding hydrogens is 266 g/mol. The summed E-state index contributed by atoms with van der Waals surface area (Å²) < 4.78 is 0. The molecule has 1 aliphatic rings. The molecule has 0 aromatic carbocycles. The molecule has 1 fully saturated rings. The van der Waals surface area contributed by atoms with Crippen molar-refractivity contribution in [3.05, 3.63) is 48.3 Å². The molecule has 108 valence electrons. The lowest BCUT2D eigenvalue weighted by molar-refractivity contribution is 0.0746. The Hall–Kier alpha value is -2.63. The largest absolute Gasteiger partial charge is 0.384 e. The van der Waals surface area contributed by atoms with Gasteiger partial charge in [0.1, 0.15) is 11.6 Å². The number of nitrogen functional groups attached to an aromatic ring is 1. The zero-order chi connectivity index (χ0) is 14.7. The number of nitrogens with zero attached hydrogens (tertiary/aromatic N) is 4. The van der Waals surface area contributed by atoms with Crippen LogP contribution in [0.1, 0.15) is 10.4 Å². The highest BCUT2D eigenvalue weighted by Crippen LogP contribution is 2.14. The molecule has 3 heterocycles. The number of anilines is 2. The Balaban J connectivity index is 1.64. The first kappa shape index (κ1) is 13.4. The minimum atomic E-state index is 0.00442. The van der Waals surface area contributed by atoms with E-state index >= 15 is 0 Å². The van der Waals surface area contributed by atoms with E-state index in [1.807, 2.05) is 23.1 Å². The lowest BCUT2D eigenvalue weighted by atomic mass is 10.2. The van der Waals surface area contributed by atoms with Crippen molar-refractivity contribution in [3.8, 4) is 0 Å². The number of rotatable bonds is 2. The first-order valence-corrected chi connectivity index (χ1v) is 6.91. The van der Waals surface area contributed by atoms with Gasteiger partial charge in [-0.25, -0.2) is 9.97 Å². The highest BCUT2D eigenvalue weighted by Gasteiger charge is 2.22. The van der Waals surface area contributed by atoms with Crippen LogP contribution in [0.5, 0.6) is 0 Å². The van der Waals surface area contributed by atoms with Crippen molar-refractivity contribution in [1.82, 2.24) is 14.9 Å². The van der Waals surface area contributed by atoms with Crippen LogP contribution in [-0.2, 0) is 0 Å². The lowest BCUT2D eigenvalue weighted by Gasteiger charge is -2.35. The fourth-order valence-electron chi connectivity index (χ4n) is 2.44. The number of nitrogens with two attached hydrogens (primary N) is 1. The summed E-state index contributed by atoms with van der Waals surface area (Å²) in [5.74, 6) is 1.33. The molecule has 6 heteroatoms. The SMILES string of the molecule is Nc1cc(C(=O)N2CCN(c3ccccn3)CC2)ccn1. The average Bonchev–Trinajstić information content (AvgIpc) is 2.55. The van der Waals surface area contributed by atoms with Crippen molar-refractivity contribution < 1.29 is 4.79 Å². The van der Waals surface area contributed by atoms with Gasteiger partial charge < -0.3 is 15.5 Å². The van der Waals surface area contributed by atoms with Gasteiger partial charge in [0.15, 0.2) is 0 Å². The topological polar surface area (TPSA) is 75.4 Å². The van der Waals surface area contributed by atoms with Crippen LogP contribution in [0.2, 0.25) is 0 Å². The first-order valence-electron chi connectivity index (χ1n) is 6.91. The third kappa shape index (κ3) is 2.94. The number of piperazine rings is 1. The van der Waals surface area contributed by atoms with E-state index in [-0.39, 0.29) is 5.91 Å². The molecule has 0 aliphatic carbocycles. The van der Waals surface area contributed by atoms with Gasteiger partial charge in [-0.15, -0.1) is 0 Å². The normalized spacial score (nSPS) is 15.0. The van der Waals surface area contributed by atoms with Gasteiger partial charge in [-0.2, -0.15) is 0 Å². The van der Waals surface area contributed by atoms with E-state index in [0.717, 1.165) is 18.9 Å². The minimum absolute atomic E-state index is 0.00442. The van der Waals surface area contributed by atoms with E-state index in [1.165, 1.54) is 0 Å². The highest BCUT2D eigenvalue weighted by molar-refractivity contribution is 5.94. The van der Waals surface area contributed by atoms with Crippen LogP contribution in [-0.4, -0.2) is 47.0 Å². The fraction of sp³-hybridized carbons (Fsp3) is 0.267. The van der Waals surface area contributed by atoms with Gasteiger partial charge in [0.25, 0.3) is 5.91 Å². The van der Waals surface area contributed by atoms with E-state index in [0.29, 0.717) is 24.5 Å². The maximum Gasteiger partial charge on any atom is 0.254 e. The summed E-state index contributed by atoms with van der Waals surface area (Å²) in [7, 11) is 0. The van der Waals surface area contributed by atoms with Crippen LogP contribution < -0.4 is 10.6 Å². The van der Waals surface area contributed by atoms with E-state index in [4.69, 9.17) is 5.73 Å². The maximum atomic E-state index is 12.4. The van der Waals surface area contributed by atoms with E-state index in [9.17, 15) is 4.79 Å². The number of amides is 1. The maximum absolute atomic E-state index is 12.4. The van der Waals surface area contributed by atoms with Crippen LogP contribution in [0, 0.1) is 0 Å². The Morgan fingerprint density at radius 2 is 1.86 bits per heavy atom. The monoisotopic (exact) mass is 283 g/mol. The zero-order valence-corrected chi connectivity index (χ0v) is 11.6. The predicted octanol–water partition coefficient (Wildman–Crippen LogP) is 1.02. The second-order valence-electron chi connectivity index (χ2n) is 4.94. The van der Waals surface area contributed by atoms with Crippen LogP contribution in [0.3, 0.4) is 0 Å². The number of aromatic nitrogens is 2. The highest BCUT2D eigenvalue weighted by atomic mass is 16.2. The second kappa shape index (κ2) is 5.78. The van der Waals surface area contributed by atoms with Gasteiger partial charge in [-0.1, -0.05) is 6.07 Å². The summed E-state index contributed by atoms with van der Waals surface area (Å²) in [5.41, 5.74) is 6.22. The summed E-state index contributed by atoms with van der Waals surface area (Å²) in [4.78, 5) is 24.7. The molecular formula is C15H17N5O. The summed E-state index contributed by atoms with van der Waals surface area (Å²) in [5, 5.41) is 0. The summed E-state index contributed by atoms with van der Waals surface area (Å²) in [6.07, 6.45) is 3.35. The Morgan fingerprint density at radius 3 is 2.52 bits per heavy atom. The van der Waals surface area contributed by atoms with Gasteiger partial charge in [0, 0.05) is 44.1 Å². The molecule has 3 rings (SSSR count). The van der Waals surface area contributed by atoms with E-state index in [1.54, 1.807) is 24.5 Å². The molecule has 0 bridgehead atoms. The quantitative estimate of drug-likeness (QED) is 0.890. The summed E-state index contributed by atoms with van der Waals surface area (Å²) in [6.45, 7) is 2.92. The summed E-state index contributed by atoms with van der Waals surface area (Å²) >= 11 is 0. The molecule has 1 saturated heterocycles. The molecule has 21 heavy (non-hydrogen) atoms. The second-order valence-corrected chi connectivity index (χ2v) is 4.94. The van der Waals surface area contributed by atoms with E-state index in [2.05, 4.69) is 14.9 Å². The van der Waals surface area contributed by atoms with Crippen molar-refractivity contribution in [3.63, 3.8) is 0 Å². The molecule has 1 amide bonds. The van der Waals surface area contributed by atoms with Crippen molar-refractivity contribution in [2.45, 2.75) is 0 Å². The van der Waals surface area contributed by atoms with Gasteiger partial charge in [-0.05, 0) is 24.3 Å². The molecule has 2 aromatic heterocycles. The minimum Gasteiger partial charge on any atom is -0.384 e.